The number of nitrogens with zero attached hydrogens (tertiary/aromatic N) is 1. The van der Waals surface area contributed by atoms with Gasteiger partial charge in [-0.2, -0.15) is 0 Å². The molecule has 398 valence electrons. The number of quaternary nitrogens is 1. The van der Waals surface area contributed by atoms with E-state index in [9.17, 15) is 28.8 Å². The zero-order valence-electron chi connectivity index (χ0n) is 43.1. The monoisotopic (exact) mass is 1030 g/mol. The maximum Gasteiger partial charge on any atom is 0.311 e. The number of morpholine rings is 1. The van der Waals surface area contributed by atoms with Gasteiger partial charge in [0.15, 0.2) is 23.8 Å². The molecule has 5 rings (SSSR count). The van der Waals surface area contributed by atoms with Crippen LogP contribution in [0.4, 0.5) is 0 Å². The Balaban J connectivity index is 0.00000220. The number of carbonyl (C=O) groups is 6. The van der Waals surface area contributed by atoms with Gasteiger partial charge in [0.2, 0.25) is 17.7 Å². The number of Topliss-reactive ketones (excluding diaryl/α,β-unsaturated/α-hetero) is 1. The van der Waals surface area contributed by atoms with Gasteiger partial charge in [-0.25, -0.2) is 8.42 Å². The molecule has 18 nitrogen and oxygen atoms in total. The van der Waals surface area contributed by atoms with Gasteiger partial charge in [0.1, 0.15) is 50.0 Å². The van der Waals surface area contributed by atoms with Gasteiger partial charge in [0.05, 0.1) is 36.0 Å². The van der Waals surface area contributed by atoms with Gasteiger partial charge in [-0.15, -0.1) is 6.42 Å². The van der Waals surface area contributed by atoms with Gasteiger partial charge in [-0.3, -0.25) is 28.8 Å². The molecule has 0 saturated carbocycles. The summed E-state index contributed by atoms with van der Waals surface area (Å²) in [5.74, 6) is 0.390. The summed E-state index contributed by atoms with van der Waals surface area (Å²) in [5, 5.41) is 11.8. The number of amides is 4. The van der Waals surface area contributed by atoms with Gasteiger partial charge < -0.3 is 49.3 Å². The minimum atomic E-state index is -3.92. The first-order valence-corrected chi connectivity index (χ1v) is 26.5. The molecule has 3 aromatic carbocycles. The molecule has 5 atom stereocenters. The number of hydrogen-bond donors (Lipinski definition) is 4. The van der Waals surface area contributed by atoms with Gasteiger partial charge in [0.25, 0.3) is 5.91 Å². The topological polar surface area (TPSA) is 248 Å². The predicted molar refractivity (Wildman–Crippen MR) is 273 cm³/mol. The number of aryl methyl sites for hydroxylation is 1. The summed E-state index contributed by atoms with van der Waals surface area (Å²) in [6.07, 6.45) is 7.72. The number of benzene rings is 3. The summed E-state index contributed by atoms with van der Waals surface area (Å²) < 4.78 is 50.0. The van der Waals surface area contributed by atoms with Crippen LogP contribution in [0.5, 0.6) is 11.5 Å². The minimum Gasteiger partial charge on any atom is -0.748 e. The zero-order chi connectivity index (χ0) is 53.8. The molecule has 2 aliphatic rings. The molecule has 3 aromatic rings. The number of terminal acetylenes is 1. The smallest absolute Gasteiger partial charge is 0.311 e. The molecule has 0 aromatic heterocycles. The Morgan fingerprint density at radius 3 is 1.86 bits per heavy atom. The Hall–Kier alpha value is -6.17. The highest BCUT2D eigenvalue weighted by Crippen LogP contribution is 2.32. The number of ether oxygens (including phenoxy) is 4. The summed E-state index contributed by atoms with van der Waals surface area (Å²) >= 11 is 0. The fourth-order valence-electron chi connectivity index (χ4n) is 8.32. The number of ketones is 1. The van der Waals surface area contributed by atoms with Crippen LogP contribution in [0.2, 0.25) is 0 Å². The van der Waals surface area contributed by atoms with Crippen LogP contribution < -0.4 is 30.7 Å². The molecule has 4 N–H and O–H groups in total. The van der Waals surface area contributed by atoms with Crippen LogP contribution in [0.3, 0.4) is 0 Å². The number of esters is 1. The first-order chi connectivity index (χ1) is 34.5. The Labute approximate surface area is 430 Å². The summed E-state index contributed by atoms with van der Waals surface area (Å²) in [7, 11) is -3.92. The van der Waals surface area contributed by atoms with E-state index >= 15 is 0 Å². The van der Waals surface area contributed by atoms with Crippen molar-refractivity contribution < 1.29 is 65.2 Å². The highest BCUT2D eigenvalue weighted by molar-refractivity contribution is 7.84. The number of nitrogens with one attached hydrogen (secondary N) is 4. The van der Waals surface area contributed by atoms with E-state index in [0.29, 0.717) is 62.2 Å². The average Bonchev–Trinajstić information content (AvgIpc) is 4.09. The van der Waals surface area contributed by atoms with Crippen LogP contribution in [-0.4, -0.2) is 135 Å². The molecule has 4 amide bonds. The molecule has 0 bridgehead atoms. The molecule has 0 radical (unpaired) electrons. The minimum absolute atomic E-state index is 0.0172. The summed E-state index contributed by atoms with van der Waals surface area (Å²) in [6.45, 7) is 13.7. The molecule has 2 fully saturated rings. The maximum atomic E-state index is 14.5. The third kappa shape index (κ3) is 21.1. The molecule has 0 unspecified atom stereocenters. The Bertz CT molecular complexity index is 2460. The molecule has 0 aliphatic carbocycles. The number of carbonyl (C=O) groups excluding carboxylic acids is 6. The van der Waals surface area contributed by atoms with E-state index < -0.39 is 63.6 Å². The molecular formula is C54H73N5O13S. The molecule has 0 spiro atoms. The summed E-state index contributed by atoms with van der Waals surface area (Å²) in [6, 6.07) is 20.1. The maximum absolute atomic E-state index is 14.5. The van der Waals surface area contributed by atoms with Crippen molar-refractivity contribution in [2.75, 3.05) is 52.3 Å². The van der Waals surface area contributed by atoms with Crippen molar-refractivity contribution in [2.45, 2.75) is 116 Å². The lowest BCUT2D eigenvalue weighted by molar-refractivity contribution is -0.940. The van der Waals surface area contributed by atoms with Crippen LogP contribution >= 0.6 is 0 Å². The van der Waals surface area contributed by atoms with E-state index in [0.717, 1.165) is 16.7 Å². The SMILES string of the molecule is C#CCOc1cc(C[N+]2(CC(=O)N[C@@H](CCc3ccccc3)C(=O)N[C@@H](CC(C)C)C(=O)N[C@@H](Cc3ccccc3)C(=O)N[C@@H](CC(C)C)C(=O)[C@@]3(C)CO3)CCOCC2)ccc1OC(=O)CC.CS(=O)(=O)[O-]. The average molecular weight is 1030 g/mol. The summed E-state index contributed by atoms with van der Waals surface area (Å²) in [5.41, 5.74) is 1.61. The van der Waals surface area contributed by atoms with Crippen molar-refractivity contribution in [3.05, 3.63) is 95.6 Å². The van der Waals surface area contributed by atoms with Crippen molar-refractivity contribution in [1.82, 2.24) is 21.3 Å². The van der Waals surface area contributed by atoms with Gasteiger partial charge >= 0.3 is 5.97 Å². The third-order valence-electron chi connectivity index (χ3n) is 12.2. The Kier molecular flexibility index (Phi) is 23.0. The van der Waals surface area contributed by atoms with Crippen LogP contribution in [0.15, 0.2) is 78.9 Å². The number of hydrogen-bond acceptors (Lipinski definition) is 13. The van der Waals surface area contributed by atoms with Gasteiger partial charge in [-0.05, 0) is 73.8 Å². The molecule has 2 aliphatic heterocycles. The molecular weight excluding hydrogens is 959 g/mol. The van der Waals surface area contributed by atoms with E-state index in [1.165, 1.54) is 0 Å². The predicted octanol–water partition coefficient (Wildman–Crippen LogP) is 3.79. The second kappa shape index (κ2) is 28.3. The lowest BCUT2D eigenvalue weighted by Gasteiger charge is -2.41. The lowest BCUT2D eigenvalue weighted by atomic mass is 9.93. The molecule has 2 saturated heterocycles. The van der Waals surface area contributed by atoms with E-state index in [2.05, 4.69) is 27.2 Å². The zero-order valence-corrected chi connectivity index (χ0v) is 43.9. The Morgan fingerprint density at radius 2 is 1.30 bits per heavy atom. The van der Waals surface area contributed by atoms with Gasteiger partial charge in [0, 0.05) is 24.7 Å². The van der Waals surface area contributed by atoms with Crippen LogP contribution in [0.25, 0.3) is 0 Å². The van der Waals surface area contributed by atoms with E-state index in [1.54, 1.807) is 26.0 Å². The quantitative estimate of drug-likeness (QED) is 0.0224. The van der Waals surface area contributed by atoms with E-state index in [1.807, 2.05) is 94.4 Å². The van der Waals surface area contributed by atoms with E-state index in [-0.39, 0.29) is 74.7 Å². The number of epoxide rings is 1. The van der Waals surface area contributed by atoms with Gasteiger partial charge in [-0.1, -0.05) is 101 Å². The first kappa shape index (κ1) is 59.4. The fourth-order valence-corrected chi connectivity index (χ4v) is 8.32. The summed E-state index contributed by atoms with van der Waals surface area (Å²) in [4.78, 5) is 83.1. The van der Waals surface area contributed by atoms with Crippen molar-refractivity contribution >= 4 is 45.5 Å². The highest BCUT2D eigenvalue weighted by Gasteiger charge is 2.50. The van der Waals surface area contributed by atoms with Crippen molar-refractivity contribution in [3.8, 4) is 23.8 Å². The van der Waals surface area contributed by atoms with Crippen molar-refractivity contribution in [1.29, 1.82) is 0 Å². The fraction of sp³-hybridized carbons (Fsp3) is 0.519. The largest absolute Gasteiger partial charge is 0.748 e. The Morgan fingerprint density at radius 1 is 0.767 bits per heavy atom. The first-order valence-electron chi connectivity index (χ1n) is 24.7. The highest BCUT2D eigenvalue weighted by atomic mass is 32.2. The lowest BCUT2D eigenvalue weighted by Crippen LogP contribution is -2.61. The van der Waals surface area contributed by atoms with Crippen LogP contribution in [0, 0.1) is 24.2 Å². The standard InChI is InChI=1S/C53H69N5O10.CH4O3S/c1-8-26-66-46-32-40(21-23-45(46)68-48(60)9-2)33-58(24-27-65-28-25-58)34-47(59)54-41(22-20-38-16-12-10-13-17-38)50(62)56-43(30-37(5)6)51(63)57-44(31-39-18-14-11-15-19-39)52(64)55-42(29-36(3)4)49(61)53(7)35-67-53;1-5(2,3)4/h1,10-19,21,23,32,36-37,41-44H,9,20,22,24-31,33-35H2,2-7H3,(H3-,54,55,56,57,59,62,63,64);1H3,(H,2,3,4)/t41-,42-,43-,44-,53+;/m0./s1. The molecule has 73 heavy (non-hydrogen) atoms. The normalized spacial score (nSPS) is 17.5. The second-order valence-electron chi connectivity index (χ2n) is 19.7. The van der Waals surface area contributed by atoms with E-state index in [4.69, 9.17) is 38.3 Å². The van der Waals surface area contributed by atoms with Crippen LogP contribution in [0.1, 0.15) is 83.9 Å². The third-order valence-corrected chi connectivity index (χ3v) is 12.2. The van der Waals surface area contributed by atoms with Crippen molar-refractivity contribution in [3.63, 3.8) is 0 Å². The van der Waals surface area contributed by atoms with Crippen molar-refractivity contribution in [2.24, 2.45) is 11.8 Å². The second-order valence-corrected chi connectivity index (χ2v) is 21.1. The number of rotatable bonds is 26. The molecule has 19 heteroatoms. The van der Waals surface area contributed by atoms with Crippen LogP contribution in [-0.2, 0) is 67.7 Å². The molecule has 2 heterocycles.